The normalized spacial score (nSPS) is 26.3. The van der Waals surface area contributed by atoms with Crippen molar-refractivity contribution in [1.82, 2.24) is 19.8 Å². The first-order valence-corrected chi connectivity index (χ1v) is 9.77. The van der Waals surface area contributed by atoms with Gasteiger partial charge in [0.1, 0.15) is 18.1 Å². The number of ether oxygens (including phenoxy) is 1. The van der Waals surface area contributed by atoms with Gasteiger partial charge in [0.05, 0.1) is 6.54 Å². The van der Waals surface area contributed by atoms with Gasteiger partial charge in [0.2, 0.25) is 0 Å². The van der Waals surface area contributed by atoms with Crippen LogP contribution >= 0.6 is 0 Å². The van der Waals surface area contributed by atoms with Crippen molar-refractivity contribution in [2.75, 3.05) is 13.2 Å². The van der Waals surface area contributed by atoms with E-state index >= 15 is 0 Å². The van der Waals surface area contributed by atoms with E-state index in [1.54, 1.807) is 4.52 Å². The second-order valence-corrected chi connectivity index (χ2v) is 6.61. The Morgan fingerprint density at radius 3 is 2.83 bits per heavy atom. The van der Waals surface area contributed by atoms with E-state index in [0.29, 0.717) is 19.6 Å². The summed E-state index contributed by atoms with van der Waals surface area (Å²) in [6, 6.07) is 3.85. The fourth-order valence-electron chi connectivity index (χ4n) is 3.04. The number of aliphatic imine (C=N–C) groups is 1. The van der Waals surface area contributed by atoms with Gasteiger partial charge in [-0.05, 0) is 48.8 Å². The first-order valence-electron chi connectivity index (χ1n) is 9.77. The third-order valence-electron chi connectivity index (χ3n) is 4.49. The van der Waals surface area contributed by atoms with Gasteiger partial charge in [-0.25, -0.2) is 0 Å². The van der Waals surface area contributed by atoms with Crippen LogP contribution < -0.4 is 0 Å². The molecule has 0 aromatic carbocycles. The molecular formula is C23H23N5O. The number of aromatic nitrogens is 4. The summed E-state index contributed by atoms with van der Waals surface area (Å²) in [5, 5.41) is 13.4. The molecule has 0 amide bonds. The van der Waals surface area contributed by atoms with Crippen molar-refractivity contribution in [2.24, 2.45) is 4.99 Å². The van der Waals surface area contributed by atoms with E-state index in [1.807, 2.05) is 48.7 Å². The molecule has 4 rings (SSSR count). The third kappa shape index (κ3) is 5.04. The van der Waals surface area contributed by atoms with Gasteiger partial charge in [0, 0.05) is 12.6 Å². The van der Waals surface area contributed by atoms with Crippen molar-refractivity contribution in [3.05, 3.63) is 90.0 Å². The topological polar surface area (TPSA) is 64.7 Å². The molecule has 146 valence electrons. The summed E-state index contributed by atoms with van der Waals surface area (Å²) in [5.41, 5.74) is 2.66. The predicted molar refractivity (Wildman–Crippen MR) is 116 cm³/mol. The molecule has 4 heterocycles. The minimum absolute atomic E-state index is 0.513. The lowest BCUT2D eigenvalue weighted by Gasteiger charge is -2.09. The maximum Gasteiger partial charge on any atom is 0.177 e. The lowest BCUT2D eigenvalue weighted by Crippen LogP contribution is -2.04. The minimum atomic E-state index is 0.513. The van der Waals surface area contributed by atoms with Gasteiger partial charge in [-0.2, -0.15) is 9.61 Å². The first-order chi connectivity index (χ1) is 14.4. The molecule has 0 saturated heterocycles. The van der Waals surface area contributed by atoms with Crippen molar-refractivity contribution < 1.29 is 4.74 Å². The Bertz CT molecular complexity index is 1070. The van der Waals surface area contributed by atoms with Crippen LogP contribution in [0.25, 0.3) is 11.4 Å². The fraction of sp³-hybridized carbons (Fsp3) is 0.217. The molecule has 0 bridgehead atoms. The van der Waals surface area contributed by atoms with Crippen LogP contribution in [0.15, 0.2) is 83.5 Å². The van der Waals surface area contributed by atoms with Crippen molar-refractivity contribution in [1.29, 1.82) is 0 Å². The Hall–Kier alpha value is -3.54. The van der Waals surface area contributed by atoms with Crippen LogP contribution in [0, 0.1) is 0 Å². The van der Waals surface area contributed by atoms with E-state index in [0.717, 1.165) is 35.8 Å². The van der Waals surface area contributed by atoms with Crippen LogP contribution in [-0.4, -0.2) is 39.2 Å². The van der Waals surface area contributed by atoms with Crippen LogP contribution in [0.2, 0.25) is 0 Å². The minimum Gasteiger partial charge on any atom is -0.488 e. The Morgan fingerprint density at radius 1 is 0.931 bits per heavy atom. The SMILES string of the molecule is C1=C\C/C=C(Cc2nnc3ccc(/C4=C/C/C=C\C=C/CO4)nn23)\C=C/C\N=C/1. The van der Waals surface area contributed by atoms with Crippen molar-refractivity contribution in [3.8, 4) is 0 Å². The molecule has 29 heavy (non-hydrogen) atoms. The highest BCUT2D eigenvalue weighted by molar-refractivity contribution is 5.71. The predicted octanol–water partition coefficient (Wildman–Crippen LogP) is 4.05. The maximum atomic E-state index is 5.89. The Balaban J connectivity index is 1.61. The van der Waals surface area contributed by atoms with E-state index < -0.39 is 0 Å². The van der Waals surface area contributed by atoms with Gasteiger partial charge >= 0.3 is 0 Å². The zero-order valence-electron chi connectivity index (χ0n) is 16.2. The van der Waals surface area contributed by atoms with Crippen molar-refractivity contribution >= 4 is 17.6 Å². The van der Waals surface area contributed by atoms with E-state index in [9.17, 15) is 0 Å². The highest BCUT2D eigenvalue weighted by Gasteiger charge is 2.12. The van der Waals surface area contributed by atoms with E-state index in [2.05, 4.69) is 45.6 Å². The van der Waals surface area contributed by atoms with Crippen LogP contribution in [0.5, 0.6) is 0 Å². The summed E-state index contributed by atoms with van der Waals surface area (Å²) < 4.78 is 7.70. The molecule has 6 heteroatoms. The summed E-state index contributed by atoms with van der Waals surface area (Å²) in [7, 11) is 0. The molecule has 0 radical (unpaired) electrons. The van der Waals surface area contributed by atoms with Crippen LogP contribution in [0.3, 0.4) is 0 Å². The first kappa shape index (κ1) is 18.8. The number of rotatable bonds is 3. The number of hydrogen-bond donors (Lipinski definition) is 0. The smallest absolute Gasteiger partial charge is 0.177 e. The number of hydrogen-bond acceptors (Lipinski definition) is 5. The maximum absolute atomic E-state index is 5.89. The molecule has 0 fully saturated rings. The highest BCUT2D eigenvalue weighted by Crippen LogP contribution is 2.18. The highest BCUT2D eigenvalue weighted by atomic mass is 16.5. The molecule has 0 N–H and O–H groups in total. The Kier molecular flexibility index (Phi) is 6.22. The van der Waals surface area contributed by atoms with Gasteiger partial charge in [0.15, 0.2) is 11.5 Å². The molecule has 0 saturated carbocycles. The summed E-state index contributed by atoms with van der Waals surface area (Å²) >= 11 is 0. The number of allylic oxidation sites excluding steroid dienone is 9. The molecule has 0 atom stereocenters. The lowest BCUT2D eigenvalue weighted by molar-refractivity contribution is 0.317. The Labute approximate surface area is 170 Å². The van der Waals surface area contributed by atoms with E-state index in [4.69, 9.17) is 9.84 Å². The van der Waals surface area contributed by atoms with Gasteiger partial charge < -0.3 is 4.74 Å². The molecule has 0 aliphatic carbocycles. The lowest BCUT2D eigenvalue weighted by atomic mass is 10.1. The van der Waals surface area contributed by atoms with E-state index in [1.165, 1.54) is 5.57 Å². The zero-order valence-corrected chi connectivity index (χ0v) is 16.2. The second-order valence-electron chi connectivity index (χ2n) is 6.61. The quantitative estimate of drug-likeness (QED) is 0.799. The van der Waals surface area contributed by atoms with Crippen LogP contribution in [0.1, 0.15) is 24.4 Å². The van der Waals surface area contributed by atoms with Crippen LogP contribution in [-0.2, 0) is 11.2 Å². The number of fused-ring (bicyclic) bond motifs is 1. The van der Waals surface area contributed by atoms with Gasteiger partial charge in [-0.1, -0.05) is 42.5 Å². The Morgan fingerprint density at radius 2 is 1.83 bits per heavy atom. The standard InChI is InChI=1S/C23H23N5O/c1-2-6-12-21(29-17-8-3-1)20-13-14-22-25-26-23(28(22)27-20)18-19-10-5-4-7-15-24-16-9-11-19/h1-4,7-15H,5-6,16-18H2/b2-1-,7-4-,8-3-,11-9-,19-10+,21-12-,24-15-. The largest absolute Gasteiger partial charge is 0.488 e. The molecule has 2 aliphatic rings. The van der Waals surface area contributed by atoms with Crippen molar-refractivity contribution in [2.45, 2.75) is 19.3 Å². The van der Waals surface area contributed by atoms with Crippen molar-refractivity contribution in [3.63, 3.8) is 0 Å². The van der Waals surface area contributed by atoms with Crippen LogP contribution in [0.4, 0.5) is 0 Å². The van der Waals surface area contributed by atoms with E-state index in [-0.39, 0.29) is 0 Å². The molecule has 0 spiro atoms. The molecule has 0 unspecified atom stereocenters. The fourth-order valence-corrected chi connectivity index (χ4v) is 3.04. The summed E-state index contributed by atoms with van der Waals surface area (Å²) in [6.07, 6.45) is 24.7. The zero-order chi connectivity index (χ0) is 19.7. The summed E-state index contributed by atoms with van der Waals surface area (Å²) in [6.45, 7) is 1.18. The average Bonchev–Trinajstić information content (AvgIpc) is 3.20. The molecule has 2 aromatic heterocycles. The monoisotopic (exact) mass is 385 g/mol. The number of nitrogens with zero attached hydrogens (tertiary/aromatic N) is 5. The second kappa shape index (κ2) is 9.59. The molecule has 2 aliphatic heterocycles. The van der Waals surface area contributed by atoms with Gasteiger partial charge in [0.25, 0.3) is 0 Å². The van der Waals surface area contributed by atoms with Gasteiger partial charge in [-0.15, -0.1) is 10.2 Å². The third-order valence-corrected chi connectivity index (χ3v) is 4.49. The van der Waals surface area contributed by atoms with Gasteiger partial charge in [-0.3, -0.25) is 4.99 Å². The molecular weight excluding hydrogens is 362 g/mol. The summed E-state index contributed by atoms with van der Waals surface area (Å²) in [5.74, 6) is 1.56. The molecule has 6 nitrogen and oxygen atoms in total. The molecule has 2 aromatic rings. The average molecular weight is 385 g/mol. The summed E-state index contributed by atoms with van der Waals surface area (Å²) in [4.78, 5) is 4.30.